The molecule has 7 nitrogen and oxygen atoms in total. The first-order valence-electron chi connectivity index (χ1n) is 14.0. The van der Waals surface area contributed by atoms with Crippen LogP contribution < -0.4 is 10.2 Å². The van der Waals surface area contributed by atoms with E-state index < -0.39 is 0 Å². The van der Waals surface area contributed by atoms with Crippen LogP contribution in [-0.4, -0.2) is 69.3 Å². The van der Waals surface area contributed by atoms with E-state index in [0.29, 0.717) is 19.8 Å². The van der Waals surface area contributed by atoms with Crippen molar-refractivity contribution in [3.05, 3.63) is 75.9 Å². The van der Waals surface area contributed by atoms with Crippen LogP contribution in [0.25, 0.3) is 11.1 Å². The Hall–Kier alpha value is -3.42. The van der Waals surface area contributed by atoms with Gasteiger partial charge in [0, 0.05) is 36.7 Å². The molecule has 0 aromatic heterocycles. The van der Waals surface area contributed by atoms with Gasteiger partial charge in [-0.15, -0.1) is 0 Å². The molecule has 1 amide bonds. The van der Waals surface area contributed by atoms with E-state index >= 15 is 0 Å². The van der Waals surface area contributed by atoms with Crippen molar-refractivity contribution >= 4 is 17.6 Å². The van der Waals surface area contributed by atoms with Gasteiger partial charge in [-0.2, -0.15) is 0 Å². The number of nitrogens with one attached hydrogen (secondary N) is 1. The minimum atomic E-state index is -0.200. The summed E-state index contributed by atoms with van der Waals surface area (Å²) >= 11 is 0. The summed E-state index contributed by atoms with van der Waals surface area (Å²) in [5.41, 5.74) is 10.5. The van der Waals surface area contributed by atoms with Crippen molar-refractivity contribution in [1.29, 1.82) is 0 Å². The predicted octanol–water partition coefficient (Wildman–Crippen LogP) is 4.19. The number of amides is 1. The molecule has 204 valence electrons. The molecule has 2 aliphatic carbocycles. The first-order chi connectivity index (χ1) is 18.8. The molecule has 2 heterocycles. The Morgan fingerprint density at radius 3 is 2.79 bits per heavy atom. The highest BCUT2D eigenvalue weighted by molar-refractivity contribution is 6.09. The van der Waals surface area contributed by atoms with E-state index in [9.17, 15) is 9.59 Å². The number of fused-ring (bicyclic) bond motifs is 10. The topological polar surface area (TPSA) is 71.1 Å². The molecular weight excluding hydrogens is 490 g/mol. The van der Waals surface area contributed by atoms with Crippen LogP contribution in [0.3, 0.4) is 0 Å². The standard InChI is InChI=1S/C32H37N3O4/c1-19(2)39-18-20-10-11-26-23(14-20)29-25-16-33-32(37)30(25)28-22-9-6-5-8-21(22)15-24(28)31(29)35(26)12-7-13-38-27(36)17-34(3)4/h5-6,8-11,14,19,23,26H,7,12-13,15-18H2,1-4H3,(H,33,37). The van der Waals surface area contributed by atoms with E-state index in [4.69, 9.17) is 9.47 Å². The number of hydrogen-bond acceptors (Lipinski definition) is 6. The fourth-order valence-electron chi connectivity index (χ4n) is 6.59. The summed E-state index contributed by atoms with van der Waals surface area (Å²) in [5.74, 6) is -0.0292. The van der Waals surface area contributed by atoms with Crippen molar-refractivity contribution in [2.24, 2.45) is 0 Å². The molecule has 4 aliphatic rings. The Labute approximate surface area is 230 Å². The summed E-state index contributed by atoms with van der Waals surface area (Å²) in [5, 5.41) is 3.13. The molecule has 6 rings (SSSR count). The highest BCUT2D eigenvalue weighted by atomic mass is 16.5. The van der Waals surface area contributed by atoms with Crippen molar-refractivity contribution in [2.45, 2.75) is 51.3 Å². The Bertz CT molecular complexity index is 1390. The number of likely N-dealkylation sites (N-methyl/N-ethyl adjacent to an activating group) is 1. The van der Waals surface area contributed by atoms with E-state index in [-0.39, 0.29) is 36.5 Å². The minimum Gasteiger partial charge on any atom is -0.465 e. The SMILES string of the molecule is CC(C)OCC1=CC2c3c4c(c5c(c3N(CCCOC(=O)CN(C)C)C2C=C1)Cc1ccccc1-5)C(=O)NC4. The molecule has 2 atom stereocenters. The van der Waals surface area contributed by atoms with Crippen molar-refractivity contribution in [2.75, 3.05) is 45.3 Å². The summed E-state index contributed by atoms with van der Waals surface area (Å²) in [6, 6.07) is 8.62. The van der Waals surface area contributed by atoms with E-state index in [1.54, 1.807) is 0 Å². The third-order valence-electron chi connectivity index (χ3n) is 8.11. The van der Waals surface area contributed by atoms with Crippen molar-refractivity contribution in [1.82, 2.24) is 10.2 Å². The van der Waals surface area contributed by atoms with Gasteiger partial charge in [0.15, 0.2) is 0 Å². The Morgan fingerprint density at radius 2 is 2.00 bits per heavy atom. The number of esters is 1. The molecular formula is C32H37N3O4. The van der Waals surface area contributed by atoms with Crippen LogP contribution in [0, 0.1) is 0 Å². The van der Waals surface area contributed by atoms with Crippen LogP contribution in [-0.2, 0) is 27.2 Å². The summed E-state index contributed by atoms with van der Waals surface area (Å²) in [7, 11) is 3.73. The molecule has 1 N–H and O–H groups in total. The molecule has 0 radical (unpaired) electrons. The monoisotopic (exact) mass is 527 g/mol. The molecule has 7 heteroatoms. The summed E-state index contributed by atoms with van der Waals surface area (Å²) in [6.45, 7) is 6.67. The molecule has 0 saturated carbocycles. The number of benzene rings is 2. The molecule has 0 spiro atoms. The maximum atomic E-state index is 13.2. The zero-order valence-electron chi connectivity index (χ0n) is 23.3. The highest BCUT2D eigenvalue weighted by Crippen LogP contribution is 2.55. The normalized spacial score (nSPS) is 20.0. The number of anilines is 1. The van der Waals surface area contributed by atoms with Gasteiger partial charge >= 0.3 is 5.97 Å². The molecule has 2 aliphatic heterocycles. The maximum absolute atomic E-state index is 13.2. The van der Waals surface area contributed by atoms with E-state index in [1.165, 1.54) is 33.5 Å². The molecule has 0 bridgehead atoms. The van der Waals surface area contributed by atoms with Crippen LogP contribution in [0.15, 0.2) is 48.1 Å². The lowest BCUT2D eigenvalue weighted by molar-refractivity contribution is -0.144. The van der Waals surface area contributed by atoms with Gasteiger partial charge in [-0.05, 0) is 67.8 Å². The number of carbonyl (C=O) groups excluding carboxylic acids is 2. The quantitative estimate of drug-likeness (QED) is 0.333. The van der Waals surface area contributed by atoms with Crippen LogP contribution in [0.4, 0.5) is 5.69 Å². The predicted molar refractivity (Wildman–Crippen MR) is 152 cm³/mol. The fraction of sp³-hybridized carbons (Fsp3) is 0.438. The number of nitrogens with zero attached hydrogens (tertiary/aromatic N) is 2. The fourth-order valence-corrected chi connectivity index (χ4v) is 6.59. The highest BCUT2D eigenvalue weighted by Gasteiger charge is 2.45. The number of hydrogen-bond donors (Lipinski definition) is 1. The Morgan fingerprint density at radius 1 is 1.18 bits per heavy atom. The zero-order chi connectivity index (χ0) is 27.3. The van der Waals surface area contributed by atoms with Gasteiger partial charge in [0.2, 0.25) is 0 Å². The van der Waals surface area contributed by atoms with Gasteiger partial charge < -0.3 is 19.7 Å². The van der Waals surface area contributed by atoms with Crippen LogP contribution >= 0.6 is 0 Å². The smallest absolute Gasteiger partial charge is 0.320 e. The van der Waals surface area contributed by atoms with E-state index in [0.717, 1.165) is 36.1 Å². The summed E-state index contributed by atoms with van der Waals surface area (Å²) in [4.78, 5) is 29.7. The Balaban J connectivity index is 1.40. The lowest BCUT2D eigenvalue weighted by atomic mass is 9.83. The molecule has 2 aromatic carbocycles. The van der Waals surface area contributed by atoms with E-state index in [1.807, 2.05) is 19.0 Å². The zero-order valence-corrected chi connectivity index (χ0v) is 23.3. The van der Waals surface area contributed by atoms with Crippen LogP contribution in [0.5, 0.6) is 0 Å². The number of carbonyl (C=O) groups is 2. The summed E-state index contributed by atoms with van der Waals surface area (Å²) in [6.07, 6.45) is 8.55. The van der Waals surface area contributed by atoms with Crippen LogP contribution in [0.1, 0.15) is 58.8 Å². The van der Waals surface area contributed by atoms with Gasteiger partial charge in [0.05, 0.1) is 37.5 Å². The van der Waals surface area contributed by atoms with Gasteiger partial charge in [-0.1, -0.05) is 42.5 Å². The molecule has 0 saturated heterocycles. The molecule has 39 heavy (non-hydrogen) atoms. The van der Waals surface area contributed by atoms with Gasteiger partial charge in [0.1, 0.15) is 0 Å². The lowest BCUT2D eigenvalue weighted by Gasteiger charge is -2.30. The first kappa shape index (κ1) is 25.8. The van der Waals surface area contributed by atoms with Crippen molar-refractivity contribution < 1.29 is 19.1 Å². The second-order valence-corrected chi connectivity index (χ2v) is 11.5. The van der Waals surface area contributed by atoms with E-state index in [2.05, 4.69) is 66.6 Å². The third-order valence-corrected chi connectivity index (χ3v) is 8.11. The third kappa shape index (κ3) is 4.57. The number of rotatable bonds is 9. The van der Waals surface area contributed by atoms with Gasteiger partial charge in [-0.25, -0.2) is 0 Å². The average molecular weight is 528 g/mol. The maximum Gasteiger partial charge on any atom is 0.320 e. The van der Waals surface area contributed by atoms with Gasteiger partial charge in [0.25, 0.3) is 5.91 Å². The Kier molecular flexibility index (Phi) is 6.81. The van der Waals surface area contributed by atoms with Crippen molar-refractivity contribution in [3.8, 4) is 11.1 Å². The average Bonchev–Trinajstić information content (AvgIpc) is 3.56. The first-order valence-corrected chi connectivity index (χ1v) is 14.0. The number of ether oxygens (including phenoxy) is 2. The largest absolute Gasteiger partial charge is 0.465 e. The molecule has 2 aromatic rings. The second-order valence-electron chi connectivity index (χ2n) is 11.5. The lowest BCUT2D eigenvalue weighted by Crippen LogP contribution is -2.35. The van der Waals surface area contributed by atoms with Crippen LogP contribution in [0.2, 0.25) is 0 Å². The summed E-state index contributed by atoms with van der Waals surface area (Å²) < 4.78 is 11.5. The second kappa shape index (κ2) is 10.3. The molecule has 0 fully saturated rings. The molecule has 2 unspecified atom stereocenters. The van der Waals surface area contributed by atoms with Gasteiger partial charge in [-0.3, -0.25) is 14.5 Å². The minimum absolute atomic E-state index is 0.0299. The van der Waals surface area contributed by atoms with Crippen molar-refractivity contribution in [3.63, 3.8) is 0 Å².